The van der Waals surface area contributed by atoms with E-state index in [1.54, 1.807) is 7.11 Å². The molecule has 4 saturated carbocycles. The number of carbonyl (C=O) groups is 1. The van der Waals surface area contributed by atoms with Crippen LogP contribution in [0.5, 0.6) is 0 Å². The zero-order valence-electron chi connectivity index (χ0n) is 16.3. The largest absolute Gasteiger partial charge is 0.387 e. The van der Waals surface area contributed by atoms with E-state index in [4.69, 9.17) is 4.74 Å². The Bertz CT molecular complexity index is 531. The van der Waals surface area contributed by atoms with Gasteiger partial charge < -0.3 is 9.84 Å². The zero-order chi connectivity index (χ0) is 17.8. The van der Waals surface area contributed by atoms with Crippen molar-refractivity contribution in [3.8, 4) is 0 Å². The summed E-state index contributed by atoms with van der Waals surface area (Å²) in [6.07, 6.45) is 10.6. The van der Waals surface area contributed by atoms with Crippen LogP contribution in [0.1, 0.15) is 71.6 Å². The predicted octanol–water partition coefficient (Wildman–Crippen LogP) is 4.22. The molecular weight excluding hydrogens is 312 g/mol. The van der Waals surface area contributed by atoms with Crippen LogP contribution >= 0.6 is 0 Å². The molecule has 0 saturated heterocycles. The van der Waals surface area contributed by atoms with Crippen LogP contribution in [0.15, 0.2) is 0 Å². The van der Waals surface area contributed by atoms with Gasteiger partial charge in [-0.2, -0.15) is 0 Å². The maximum atomic E-state index is 12.2. The van der Waals surface area contributed by atoms with Gasteiger partial charge in [0.25, 0.3) is 0 Å². The Labute approximate surface area is 152 Å². The lowest BCUT2D eigenvalue weighted by Gasteiger charge is -2.57. The average Bonchev–Trinajstić information content (AvgIpc) is 2.91. The third-order valence-corrected chi connectivity index (χ3v) is 9.01. The van der Waals surface area contributed by atoms with Crippen molar-refractivity contribution in [3.63, 3.8) is 0 Å². The van der Waals surface area contributed by atoms with Gasteiger partial charge >= 0.3 is 0 Å². The molecule has 4 fully saturated rings. The standard InChI is InChI=1S/C22H36O3/c1-14(23)19-6-7-20-18-5-4-15-12-22(24,13-25-3)11-9-16(15)17(18)8-10-21(19,20)2/h15-20,24H,4-13H2,1-3H3/t15-,16+,17-,18-,19?,20+,21-,22-/m1/s1. The minimum atomic E-state index is -0.584. The van der Waals surface area contributed by atoms with Crippen molar-refractivity contribution >= 4 is 5.78 Å². The monoisotopic (exact) mass is 348 g/mol. The van der Waals surface area contributed by atoms with Gasteiger partial charge in [-0.25, -0.2) is 0 Å². The molecule has 1 N–H and O–H groups in total. The van der Waals surface area contributed by atoms with Gasteiger partial charge in [-0.15, -0.1) is 0 Å². The van der Waals surface area contributed by atoms with E-state index >= 15 is 0 Å². The van der Waals surface area contributed by atoms with Crippen LogP contribution in [0.25, 0.3) is 0 Å². The Hall–Kier alpha value is -0.410. The highest BCUT2D eigenvalue weighted by atomic mass is 16.5. The molecule has 142 valence electrons. The van der Waals surface area contributed by atoms with Gasteiger partial charge in [0, 0.05) is 13.0 Å². The number of hydrogen-bond acceptors (Lipinski definition) is 3. The van der Waals surface area contributed by atoms with E-state index in [1.807, 2.05) is 6.92 Å². The second-order valence-corrected chi connectivity index (χ2v) is 10.1. The highest BCUT2D eigenvalue weighted by Crippen LogP contribution is 2.64. The second-order valence-electron chi connectivity index (χ2n) is 10.1. The summed E-state index contributed by atoms with van der Waals surface area (Å²) in [7, 11) is 1.70. The van der Waals surface area contributed by atoms with Gasteiger partial charge in [-0.05, 0) is 99.7 Å². The highest BCUT2D eigenvalue weighted by molar-refractivity contribution is 5.79. The lowest BCUT2D eigenvalue weighted by atomic mass is 9.49. The molecule has 3 nitrogen and oxygen atoms in total. The number of ketones is 1. The average molecular weight is 349 g/mol. The van der Waals surface area contributed by atoms with Crippen LogP contribution in [0, 0.1) is 40.9 Å². The summed E-state index contributed by atoms with van der Waals surface area (Å²) < 4.78 is 5.29. The number of rotatable bonds is 3. The van der Waals surface area contributed by atoms with Crippen molar-refractivity contribution in [1.82, 2.24) is 0 Å². The molecule has 0 radical (unpaired) electrons. The van der Waals surface area contributed by atoms with Crippen LogP contribution in [-0.2, 0) is 9.53 Å². The number of Topliss-reactive ketones (excluding diaryl/α,β-unsaturated/α-hetero) is 1. The highest BCUT2D eigenvalue weighted by Gasteiger charge is 2.58. The first kappa shape index (κ1) is 18.0. The molecule has 4 aliphatic carbocycles. The Morgan fingerprint density at radius 2 is 1.80 bits per heavy atom. The van der Waals surface area contributed by atoms with E-state index in [0.717, 1.165) is 42.9 Å². The van der Waals surface area contributed by atoms with Gasteiger partial charge in [-0.3, -0.25) is 4.79 Å². The fourth-order valence-corrected chi connectivity index (χ4v) is 8.03. The molecule has 4 aliphatic rings. The smallest absolute Gasteiger partial charge is 0.133 e. The molecule has 0 bridgehead atoms. The van der Waals surface area contributed by atoms with E-state index in [9.17, 15) is 9.90 Å². The molecule has 0 aromatic carbocycles. The molecule has 25 heavy (non-hydrogen) atoms. The number of hydrogen-bond donors (Lipinski definition) is 1. The Morgan fingerprint density at radius 1 is 1.04 bits per heavy atom. The number of methoxy groups -OCH3 is 1. The molecule has 0 spiro atoms. The summed E-state index contributed by atoms with van der Waals surface area (Å²) in [4.78, 5) is 12.2. The summed E-state index contributed by atoms with van der Waals surface area (Å²) in [6, 6.07) is 0. The molecule has 3 heteroatoms. The van der Waals surface area contributed by atoms with Crippen LogP contribution in [0.4, 0.5) is 0 Å². The molecule has 0 aromatic heterocycles. The number of carbonyl (C=O) groups excluding carboxylic acids is 1. The first-order valence-electron chi connectivity index (χ1n) is 10.6. The fraction of sp³-hybridized carbons (Fsp3) is 0.955. The molecule has 0 heterocycles. The molecule has 8 atom stereocenters. The molecular formula is C22H36O3. The van der Waals surface area contributed by atoms with Crippen LogP contribution < -0.4 is 0 Å². The summed E-state index contributed by atoms with van der Waals surface area (Å²) >= 11 is 0. The first-order chi connectivity index (χ1) is 11.9. The SMILES string of the molecule is COC[C@@]1(O)CC[C@H]2[C@H](CC[C@@H]3[C@@H]2CC[C@]2(C)C(C(C)=O)CC[C@@H]32)C1. The summed E-state index contributed by atoms with van der Waals surface area (Å²) in [5.74, 6) is 4.67. The Balaban J connectivity index is 1.51. The van der Waals surface area contributed by atoms with E-state index in [0.29, 0.717) is 24.2 Å². The van der Waals surface area contributed by atoms with Gasteiger partial charge in [0.1, 0.15) is 5.78 Å². The summed E-state index contributed by atoms with van der Waals surface area (Å²) in [5, 5.41) is 10.8. The zero-order valence-corrected chi connectivity index (χ0v) is 16.3. The fourth-order valence-electron chi connectivity index (χ4n) is 8.03. The van der Waals surface area contributed by atoms with E-state index in [2.05, 4.69) is 6.92 Å². The number of fused-ring (bicyclic) bond motifs is 5. The van der Waals surface area contributed by atoms with Crippen molar-refractivity contribution in [3.05, 3.63) is 0 Å². The number of ether oxygens (including phenoxy) is 1. The molecule has 4 rings (SSSR count). The van der Waals surface area contributed by atoms with Crippen molar-refractivity contribution in [2.75, 3.05) is 13.7 Å². The third kappa shape index (κ3) is 2.81. The van der Waals surface area contributed by atoms with Gasteiger partial charge in [-0.1, -0.05) is 6.92 Å². The number of aliphatic hydroxyl groups is 1. The molecule has 0 aromatic rings. The van der Waals surface area contributed by atoms with E-state index < -0.39 is 5.60 Å². The Kier molecular flexibility index (Phi) is 4.56. The van der Waals surface area contributed by atoms with Crippen LogP contribution in [0.3, 0.4) is 0 Å². The van der Waals surface area contributed by atoms with Gasteiger partial charge in [0.2, 0.25) is 0 Å². The normalized spacial score (nSPS) is 52.2. The topological polar surface area (TPSA) is 46.5 Å². The predicted molar refractivity (Wildman–Crippen MR) is 98.1 cm³/mol. The van der Waals surface area contributed by atoms with Gasteiger partial charge in [0.05, 0.1) is 12.2 Å². The van der Waals surface area contributed by atoms with Crippen molar-refractivity contribution < 1.29 is 14.6 Å². The van der Waals surface area contributed by atoms with Crippen molar-refractivity contribution in [1.29, 1.82) is 0 Å². The third-order valence-electron chi connectivity index (χ3n) is 9.01. The lowest BCUT2D eigenvalue weighted by molar-refractivity contribution is -0.134. The van der Waals surface area contributed by atoms with E-state index in [-0.39, 0.29) is 5.41 Å². The lowest BCUT2D eigenvalue weighted by Crippen LogP contribution is -2.52. The summed E-state index contributed by atoms with van der Waals surface area (Å²) in [5.41, 5.74) is -0.315. The van der Waals surface area contributed by atoms with Crippen molar-refractivity contribution in [2.24, 2.45) is 40.9 Å². The maximum absolute atomic E-state index is 12.2. The van der Waals surface area contributed by atoms with Crippen molar-refractivity contribution in [2.45, 2.75) is 77.2 Å². The Morgan fingerprint density at radius 3 is 2.52 bits per heavy atom. The maximum Gasteiger partial charge on any atom is 0.133 e. The minimum Gasteiger partial charge on any atom is -0.387 e. The summed E-state index contributed by atoms with van der Waals surface area (Å²) in [6.45, 7) is 4.74. The van der Waals surface area contributed by atoms with Crippen LogP contribution in [0.2, 0.25) is 0 Å². The quantitative estimate of drug-likeness (QED) is 0.830. The van der Waals surface area contributed by atoms with E-state index in [1.165, 1.54) is 38.5 Å². The second kappa shape index (κ2) is 6.34. The molecule has 0 amide bonds. The van der Waals surface area contributed by atoms with Crippen LogP contribution in [-0.4, -0.2) is 30.2 Å². The minimum absolute atomic E-state index is 0.269. The van der Waals surface area contributed by atoms with Gasteiger partial charge in [0.15, 0.2) is 0 Å². The first-order valence-corrected chi connectivity index (χ1v) is 10.6. The molecule has 0 aliphatic heterocycles. The molecule has 1 unspecified atom stereocenters.